The molecule has 0 aliphatic rings. The van der Waals surface area contributed by atoms with Gasteiger partial charge in [0.2, 0.25) is 0 Å². The van der Waals surface area contributed by atoms with Gasteiger partial charge < -0.3 is 10.2 Å². The van der Waals surface area contributed by atoms with Crippen molar-refractivity contribution in [1.82, 2.24) is 5.32 Å². The SMILES string of the molecule is CCCCC(C)NCCCN(C)c1ccccc1. The maximum absolute atomic E-state index is 3.60. The van der Waals surface area contributed by atoms with Gasteiger partial charge in [0, 0.05) is 25.3 Å². The van der Waals surface area contributed by atoms with Gasteiger partial charge in [-0.2, -0.15) is 0 Å². The summed E-state index contributed by atoms with van der Waals surface area (Å²) in [6.07, 6.45) is 5.12. The molecule has 0 bridgehead atoms. The van der Waals surface area contributed by atoms with Crippen LogP contribution in [0.25, 0.3) is 0 Å². The van der Waals surface area contributed by atoms with Crippen LogP contribution in [-0.2, 0) is 0 Å². The largest absolute Gasteiger partial charge is 0.375 e. The minimum atomic E-state index is 0.659. The van der Waals surface area contributed by atoms with Crippen molar-refractivity contribution in [2.75, 3.05) is 25.0 Å². The summed E-state index contributed by atoms with van der Waals surface area (Å²) in [4.78, 5) is 2.32. The Balaban J connectivity index is 2.11. The zero-order chi connectivity index (χ0) is 13.2. The number of hydrogen-bond acceptors (Lipinski definition) is 2. The highest BCUT2D eigenvalue weighted by Gasteiger charge is 2.01. The minimum Gasteiger partial charge on any atom is -0.375 e. The topological polar surface area (TPSA) is 15.3 Å². The molecule has 0 aliphatic heterocycles. The van der Waals surface area contributed by atoms with Gasteiger partial charge in [0.15, 0.2) is 0 Å². The molecule has 18 heavy (non-hydrogen) atoms. The van der Waals surface area contributed by atoms with Crippen molar-refractivity contribution in [3.05, 3.63) is 30.3 Å². The molecule has 1 unspecified atom stereocenters. The summed E-state index contributed by atoms with van der Waals surface area (Å²) in [7, 11) is 2.16. The van der Waals surface area contributed by atoms with Crippen LogP contribution in [0.1, 0.15) is 39.5 Å². The quantitative estimate of drug-likeness (QED) is 0.671. The highest BCUT2D eigenvalue weighted by molar-refractivity contribution is 5.44. The van der Waals surface area contributed by atoms with Gasteiger partial charge in [-0.25, -0.2) is 0 Å². The van der Waals surface area contributed by atoms with E-state index in [2.05, 4.69) is 61.4 Å². The van der Waals surface area contributed by atoms with E-state index >= 15 is 0 Å². The maximum atomic E-state index is 3.60. The second-order valence-corrected chi connectivity index (χ2v) is 5.11. The van der Waals surface area contributed by atoms with E-state index in [1.54, 1.807) is 0 Å². The lowest BCUT2D eigenvalue weighted by Crippen LogP contribution is -2.29. The molecule has 1 aromatic rings. The number of benzene rings is 1. The Morgan fingerprint density at radius 3 is 2.56 bits per heavy atom. The first-order chi connectivity index (χ1) is 8.74. The smallest absolute Gasteiger partial charge is 0.0363 e. The van der Waals surface area contributed by atoms with Crippen LogP contribution in [0.3, 0.4) is 0 Å². The molecule has 0 amide bonds. The molecule has 0 saturated carbocycles. The first-order valence-electron chi connectivity index (χ1n) is 7.23. The third-order valence-corrected chi connectivity index (χ3v) is 3.35. The van der Waals surface area contributed by atoms with Gasteiger partial charge in [0.1, 0.15) is 0 Å². The van der Waals surface area contributed by atoms with Crippen molar-refractivity contribution in [3.63, 3.8) is 0 Å². The first-order valence-corrected chi connectivity index (χ1v) is 7.23. The molecular weight excluding hydrogens is 220 g/mol. The zero-order valence-electron chi connectivity index (χ0n) is 12.2. The highest BCUT2D eigenvalue weighted by atomic mass is 15.1. The van der Waals surface area contributed by atoms with Gasteiger partial charge in [0.05, 0.1) is 0 Å². The van der Waals surface area contributed by atoms with Crippen LogP contribution in [0.15, 0.2) is 30.3 Å². The summed E-state index contributed by atoms with van der Waals surface area (Å²) in [5, 5.41) is 3.60. The van der Waals surface area contributed by atoms with E-state index in [4.69, 9.17) is 0 Å². The van der Waals surface area contributed by atoms with E-state index in [1.165, 1.54) is 31.4 Å². The average Bonchev–Trinajstić information content (AvgIpc) is 2.42. The molecule has 0 fully saturated rings. The van der Waals surface area contributed by atoms with Crippen molar-refractivity contribution in [2.24, 2.45) is 0 Å². The number of nitrogens with zero attached hydrogens (tertiary/aromatic N) is 1. The van der Waals surface area contributed by atoms with Crippen LogP contribution in [0, 0.1) is 0 Å². The lowest BCUT2D eigenvalue weighted by atomic mass is 10.1. The normalized spacial score (nSPS) is 12.4. The predicted octanol–water partition coefficient (Wildman–Crippen LogP) is 3.68. The second-order valence-electron chi connectivity index (χ2n) is 5.11. The molecule has 0 radical (unpaired) electrons. The van der Waals surface area contributed by atoms with Gasteiger partial charge in [-0.15, -0.1) is 0 Å². The summed E-state index contributed by atoms with van der Waals surface area (Å²) in [6.45, 7) is 6.76. The van der Waals surface area contributed by atoms with Crippen molar-refractivity contribution >= 4 is 5.69 Å². The standard InChI is InChI=1S/C16H28N2/c1-4-5-10-15(2)17-13-9-14-18(3)16-11-7-6-8-12-16/h6-8,11-12,15,17H,4-5,9-10,13-14H2,1-3H3. The van der Waals surface area contributed by atoms with Crippen LogP contribution < -0.4 is 10.2 Å². The fraction of sp³-hybridized carbons (Fsp3) is 0.625. The van der Waals surface area contributed by atoms with Crippen LogP contribution >= 0.6 is 0 Å². The number of anilines is 1. The molecule has 2 nitrogen and oxygen atoms in total. The van der Waals surface area contributed by atoms with Gasteiger partial charge in [-0.1, -0.05) is 38.0 Å². The molecule has 102 valence electrons. The highest BCUT2D eigenvalue weighted by Crippen LogP contribution is 2.10. The summed E-state index contributed by atoms with van der Waals surface area (Å²) in [5.74, 6) is 0. The van der Waals surface area contributed by atoms with Crippen molar-refractivity contribution < 1.29 is 0 Å². The molecule has 2 heteroatoms. The van der Waals surface area contributed by atoms with Crippen molar-refractivity contribution in [3.8, 4) is 0 Å². The molecule has 0 spiro atoms. The number of unbranched alkanes of at least 4 members (excludes halogenated alkanes) is 1. The Morgan fingerprint density at radius 1 is 1.17 bits per heavy atom. The van der Waals surface area contributed by atoms with E-state index in [-0.39, 0.29) is 0 Å². The molecular formula is C16H28N2. The summed E-state index contributed by atoms with van der Waals surface area (Å²) >= 11 is 0. The Hall–Kier alpha value is -1.02. The van der Waals surface area contributed by atoms with E-state index < -0.39 is 0 Å². The fourth-order valence-corrected chi connectivity index (χ4v) is 2.09. The molecule has 0 saturated heterocycles. The number of nitrogens with one attached hydrogen (secondary N) is 1. The lowest BCUT2D eigenvalue weighted by molar-refractivity contribution is 0.490. The van der Waals surface area contributed by atoms with Crippen molar-refractivity contribution in [1.29, 1.82) is 0 Å². The summed E-state index contributed by atoms with van der Waals surface area (Å²) in [5.41, 5.74) is 1.30. The van der Waals surface area contributed by atoms with E-state index in [0.29, 0.717) is 6.04 Å². The van der Waals surface area contributed by atoms with Crippen LogP contribution in [0.5, 0.6) is 0 Å². The lowest BCUT2D eigenvalue weighted by Gasteiger charge is -2.20. The fourth-order valence-electron chi connectivity index (χ4n) is 2.09. The summed E-state index contributed by atoms with van der Waals surface area (Å²) < 4.78 is 0. The molecule has 0 aromatic heterocycles. The Labute approximate surface area is 112 Å². The predicted molar refractivity (Wildman–Crippen MR) is 81.3 cm³/mol. The van der Waals surface area contributed by atoms with Crippen LogP contribution in [-0.4, -0.2) is 26.2 Å². The Morgan fingerprint density at radius 2 is 1.89 bits per heavy atom. The van der Waals surface area contributed by atoms with Gasteiger partial charge in [0.25, 0.3) is 0 Å². The van der Waals surface area contributed by atoms with Crippen LogP contribution in [0.4, 0.5) is 5.69 Å². The van der Waals surface area contributed by atoms with Gasteiger partial charge in [-0.3, -0.25) is 0 Å². The van der Waals surface area contributed by atoms with Crippen molar-refractivity contribution in [2.45, 2.75) is 45.6 Å². The second kappa shape index (κ2) is 8.98. The van der Waals surface area contributed by atoms with E-state index in [1.807, 2.05) is 0 Å². The summed E-state index contributed by atoms with van der Waals surface area (Å²) in [6, 6.07) is 11.2. The third-order valence-electron chi connectivity index (χ3n) is 3.35. The Kier molecular flexibility index (Phi) is 7.51. The maximum Gasteiger partial charge on any atom is 0.0363 e. The average molecular weight is 248 g/mol. The van der Waals surface area contributed by atoms with Gasteiger partial charge >= 0.3 is 0 Å². The van der Waals surface area contributed by atoms with Gasteiger partial charge in [-0.05, 0) is 38.4 Å². The number of hydrogen-bond donors (Lipinski definition) is 1. The van der Waals surface area contributed by atoms with E-state index in [0.717, 1.165) is 13.1 Å². The molecule has 1 rings (SSSR count). The minimum absolute atomic E-state index is 0.659. The molecule has 0 heterocycles. The Bertz CT molecular complexity index is 297. The zero-order valence-corrected chi connectivity index (χ0v) is 12.2. The monoisotopic (exact) mass is 248 g/mol. The molecule has 1 N–H and O–H groups in total. The number of rotatable bonds is 9. The first kappa shape index (κ1) is 15.0. The molecule has 1 aromatic carbocycles. The molecule has 0 aliphatic carbocycles. The van der Waals surface area contributed by atoms with E-state index in [9.17, 15) is 0 Å². The van der Waals surface area contributed by atoms with Crippen LogP contribution in [0.2, 0.25) is 0 Å². The number of para-hydroxylation sites is 1. The molecule has 1 atom stereocenters. The third kappa shape index (κ3) is 6.06.